The first kappa shape index (κ1) is 32.6. The fourth-order valence-electron chi connectivity index (χ4n) is 4.63. The number of rotatable bonds is 6. The third-order valence-corrected chi connectivity index (χ3v) is 11.8. The minimum Gasteiger partial charge on any atom is -0.0620 e. The van der Waals surface area contributed by atoms with E-state index in [1.807, 2.05) is 0 Å². The molecule has 0 aromatic heterocycles. The van der Waals surface area contributed by atoms with Gasteiger partial charge in [-0.25, -0.2) is 0 Å². The van der Waals surface area contributed by atoms with Crippen molar-refractivity contribution in [3.8, 4) is 0 Å². The monoisotopic (exact) mass is 679 g/mol. The van der Waals surface area contributed by atoms with E-state index in [0.29, 0.717) is 0 Å². The van der Waals surface area contributed by atoms with E-state index in [1.165, 1.54) is 31.8 Å². The molecule has 0 fully saturated rings. The summed E-state index contributed by atoms with van der Waals surface area (Å²) in [4.78, 5) is 0. The van der Waals surface area contributed by atoms with E-state index in [2.05, 4.69) is 192 Å². The van der Waals surface area contributed by atoms with Crippen molar-refractivity contribution in [2.75, 3.05) is 0 Å². The second-order valence-corrected chi connectivity index (χ2v) is 13.9. The Morgan fingerprint density at radius 3 is 0.512 bits per heavy atom. The van der Waals surface area contributed by atoms with Crippen LogP contribution in [0.4, 0.5) is 0 Å². The summed E-state index contributed by atoms with van der Waals surface area (Å²) in [5.41, 5.74) is 0. The summed E-state index contributed by atoms with van der Waals surface area (Å²) < 4.78 is 0. The van der Waals surface area contributed by atoms with Gasteiger partial charge in [-0.2, -0.15) is 0 Å². The van der Waals surface area contributed by atoms with Crippen LogP contribution in [0.5, 0.6) is 0 Å². The van der Waals surface area contributed by atoms with E-state index in [1.54, 1.807) is 17.3 Å². The first-order valence-electron chi connectivity index (χ1n) is 13.1. The van der Waals surface area contributed by atoms with Crippen molar-refractivity contribution in [2.24, 2.45) is 0 Å². The second-order valence-electron chi connectivity index (χ2n) is 8.95. The van der Waals surface area contributed by atoms with Crippen LogP contribution in [0, 0.1) is 7.43 Å². The molecule has 0 radical (unpaired) electrons. The zero-order chi connectivity index (χ0) is 27.8. The molecule has 0 bridgehead atoms. The van der Waals surface area contributed by atoms with Crippen LogP contribution in [0.15, 0.2) is 182 Å². The van der Waals surface area contributed by atoms with Gasteiger partial charge in [0.2, 0.25) is 0 Å². The second kappa shape index (κ2) is 18.5. The van der Waals surface area contributed by atoms with Crippen LogP contribution in [0.2, 0.25) is 0 Å². The zero-order valence-corrected chi connectivity index (χ0v) is 27.7. The Morgan fingerprint density at radius 1 is 0.268 bits per heavy atom. The van der Waals surface area contributed by atoms with Gasteiger partial charge in [0.1, 0.15) is 31.8 Å². The molecule has 0 unspecified atom stereocenters. The summed E-state index contributed by atoms with van der Waals surface area (Å²) >= 11 is 1.62. The van der Waals surface area contributed by atoms with Crippen LogP contribution in [0.3, 0.4) is 0 Å². The fourth-order valence-corrected chi connectivity index (χ4v) is 9.78. The Bertz CT molecular complexity index is 1180. The molecular formula is C37H36ClP2Ru+. The molecule has 0 spiro atoms. The van der Waals surface area contributed by atoms with E-state index >= 15 is 0 Å². The van der Waals surface area contributed by atoms with Crippen molar-refractivity contribution in [3.63, 3.8) is 0 Å². The molecule has 0 aliphatic rings. The number of halogens is 1. The van der Waals surface area contributed by atoms with Crippen molar-refractivity contribution in [2.45, 2.75) is 0 Å². The van der Waals surface area contributed by atoms with E-state index in [4.69, 9.17) is 0 Å². The summed E-state index contributed by atoms with van der Waals surface area (Å²) in [5, 5.41) is 8.61. The van der Waals surface area contributed by atoms with Crippen LogP contribution >= 0.6 is 25.5 Å². The average Bonchev–Trinajstić information content (AvgIpc) is 3.06. The van der Waals surface area contributed by atoms with Gasteiger partial charge in [-0.05, 0) is 72.8 Å². The molecule has 6 aromatic carbocycles. The zero-order valence-electron chi connectivity index (χ0n) is 23.1. The summed E-state index contributed by atoms with van der Waals surface area (Å²) in [5.74, 6) is 0. The molecule has 0 N–H and O–H groups in total. The SMILES string of the molecule is [CH3-].[Cl][RuH].c1ccc([PH+](c2ccccc2)c2ccccc2)cc1.c1ccc([PH+](c2ccccc2)c2ccccc2)cc1. The van der Waals surface area contributed by atoms with Gasteiger partial charge in [0.15, 0.2) is 0 Å². The molecular weight excluding hydrogens is 643 g/mol. The first-order chi connectivity index (χ1) is 19.9. The van der Waals surface area contributed by atoms with Crippen LogP contribution in [0.1, 0.15) is 0 Å². The molecule has 0 saturated heterocycles. The normalized spacial score (nSPS) is 9.98. The van der Waals surface area contributed by atoms with E-state index in [-0.39, 0.29) is 7.43 Å². The average molecular weight is 679 g/mol. The maximum atomic E-state index is 4.61. The van der Waals surface area contributed by atoms with Gasteiger partial charge < -0.3 is 7.43 Å². The Kier molecular flexibility index (Phi) is 14.7. The molecule has 6 aromatic rings. The summed E-state index contributed by atoms with van der Waals surface area (Å²) in [6.45, 7) is 0. The summed E-state index contributed by atoms with van der Waals surface area (Å²) in [7, 11) is 2.85. The summed E-state index contributed by atoms with van der Waals surface area (Å²) in [6, 6.07) is 65.0. The molecule has 0 aliphatic carbocycles. The van der Waals surface area contributed by atoms with Gasteiger partial charge in [0.25, 0.3) is 0 Å². The molecule has 0 amide bonds. The maximum absolute atomic E-state index is 4.61. The minimum absolute atomic E-state index is 0. The molecule has 0 heterocycles. The van der Waals surface area contributed by atoms with Crippen LogP contribution in [-0.4, -0.2) is 0 Å². The Hall–Kier alpha value is -2.91. The molecule has 4 heteroatoms. The number of hydrogen-bond acceptors (Lipinski definition) is 0. The van der Waals surface area contributed by atoms with Crippen molar-refractivity contribution in [1.29, 1.82) is 0 Å². The predicted molar refractivity (Wildman–Crippen MR) is 187 cm³/mol. The van der Waals surface area contributed by atoms with Crippen molar-refractivity contribution in [1.82, 2.24) is 0 Å². The van der Waals surface area contributed by atoms with Gasteiger partial charge in [-0.3, -0.25) is 0 Å². The van der Waals surface area contributed by atoms with Gasteiger partial charge >= 0.3 is 27.0 Å². The first-order valence-corrected chi connectivity index (χ1v) is 18.5. The van der Waals surface area contributed by atoms with Gasteiger partial charge in [0, 0.05) is 0 Å². The third-order valence-electron chi connectivity index (χ3n) is 6.37. The van der Waals surface area contributed by atoms with Gasteiger partial charge in [-0.15, -0.1) is 0 Å². The fraction of sp³-hybridized carbons (Fsp3) is 0. The molecule has 41 heavy (non-hydrogen) atoms. The van der Waals surface area contributed by atoms with Gasteiger partial charge in [0.05, 0.1) is 15.8 Å². The molecule has 0 nitrogen and oxygen atoms in total. The predicted octanol–water partition coefficient (Wildman–Crippen LogP) is 7.22. The number of benzene rings is 6. The largest absolute Gasteiger partial charge is 0.102 e. The van der Waals surface area contributed by atoms with Crippen molar-refractivity contribution < 1.29 is 17.3 Å². The van der Waals surface area contributed by atoms with Crippen LogP contribution in [-0.2, 0) is 17.3 Å². The quantitative estimate of drug-likeness (QED) is 0.0992. The standard InChI is InChI=1S/2C18H15P.CH3.ClH.Ru.H/c2*1-4-10-16(11-5-1)19(17-12-6-2-7-13-17)18-14-8-3-9-15-18;;;;/h2*1-15H;1H3;1H;;/q;;-1;;+1;/p+1. The molecule has 6 rings (SSSR count). The third kappa shape index (κ3) is 9.57. The molecule has 0 atom stereocenters. The molecule has 0 aliphatic heterocycles. The maximum Gasteiger partial charge on any atom is 0.102 e. The summed E-state index contributed by atoms with van der Waals surface area (Å²) in [6.07, 6.45) is 0. The molecule has 0 saturated carbocycles. The topological polar surface area (TPSA) is 0 Å². The number of hydrogen-bond donors (Lipinski definition) is 0. The Balaban J connectivity index is 0.000000208. The van der Waals surface area contributed by atoms with Gasteiger partial charge in [-0.1, -0.05) is 109 Å². The minimum atomic E-state index is -0.877. The van der Waals surface area contributed by atoms with Crippen molar-refractivity contribution in [3.05, 3.63) is 189 Å². The van der Waals surface area contributed by atoms with Crippen molar-refractivity contribution >= 4 is 57.4 Å². The van der Waals surface area contributed by atoms with E-state index < -0.39 is 15.8 Å². The molecule has 208 valence electrons. The van der Waals surface area contributed by atoms with E-state index in [9.17, 15) is 0 Å². The van der Waals surface area contributed by atoms with Crippen LogP contribution in [0.25, 0.3) is 0 Å². The Morgan fingerprint density at radius 2 is 0.390 bits per heavy atom. The van der Waals surface area contributed by atoms with Crippen LogP contribution < -0.4 is 31.8 Å². The Labute approximate surface area is 262 Å². The smallest absolute Gasteiger partial charge is 0.0620 e. The van der Waals surface area contributed by atoms with E-state index in [0.717, 1.165) is 0 Å².